The highest BCUT2D eigenvalue weighted by atomic mass is 15.1. The predicted molar refractivity (Wildman–Crippen MR) is 200 cm³/mol. The molecule has 8 aromatic carbocycles. The molecule has 222 valence electrons. The van der Waals surface area contributed by atoms with E-state index in [1.807, 2.05) is 0 Å². The number of hydrogen-bond acceptors (Lipinski definition) is 1. The molecule has 0 bridgehead atoms. The van der Waals surface area contributed by atoms with Gasteiger partial charge in [0.25, 0.3) is 0 Å². The van der Waals surface area contributed by atoms with E-state index in [4.69, 9.17) is 0 Å². The molecule has 1 heteroatoms. The van der Waals surface area contributed by atoms with Gasteiger partial charge in [-0.3, -0.25) is 0 Å². The molecule has 0 N–H and O–H groups in total. The standard InChI is InChI=1S/C46H33N/c1-4-16-34(17-5-1)35-30-32-37(33-31-35)40-24-10-12-28-44(40)47(39-22-8-3-9-23-39)45-29-13-11-25-42(45)43-27-15-21-38-20-14-26-41(46(38)43)36-18-6-2-7-19-36/h1-33H. The van der Waals surface area contributed by atoms with Crippen molar-refractivity contribution in [3.63, 3.8) is 0 Å². The third-order valence-corrected chi connectivity index (χ3v) is 8.89. The van der Waals surface area contributed by atoms with Crippen molar-refractivity contribution in [3.05, 3.63) is 200 Å². The van der Waals surface area contributed by atoms with Crippen molar-refractivity contribution in [2.45, 2.75) is 0 Å². The third kappa shape index (κ3) is 5.49. The molecule has 0 unspecified atom stereocenters. The van der Waals surface area contributed by atoms with E-state index in [9.17, 15) is 0 Å². The molecule has 0 aliphatic heterocycles. The smallest absolute Gasteiger partial charge is 0.0540 e. The van der Waals surface area contributed by atoms with Crippen molar-refractivity contribution in [1.82, 2.24) is 0 Å². The van der Waals surface area contributed by atoms with Gasteiger partial charge >= 0.3 is 0 Å². The fraction of sp³-hybridized carbons (Fsp3) is 0. The Labute approximate surface area is 276 Å². The molecule has 0 saturated carbocycles. The average Bonchev–Trinajstić information content (AvgIpc) is 3.16. The molecule has 0 saturated heterocycles. The fourth-order valence-electron chi connectivity index (χ4n) is 6.69. The van der Waals surface area contributed by atoms with Crippen LogP contribution in [-0.2, 0) is 0 Å². The summed E-state index contributed by atoms with van der Waals surface area (Å²) in [4.78, 5) is 2.42. The minimum Gasteiger partial charge on any atom is -0.309 e. The topological polar surface area (TPSA) is 3.24 Å². The van der Waals surface area contributed by atoms with Gasteiger partial charge in [0.15, 0.2) is 0 Å². The van der Waals surface area contributed by atoms with Crippen LogP contribution in [0.5, 0.6) is 0 Å². The van der Waals surface area contributed by atoms with Crippen LogP contribution in [0.25, 0.3) is 55.3 Å². The van der Waals surface area contributed by atoms with Gasteiger partial charge in [0.05, 0.1) is 11.4 Å². The number of nitrogens with zero attached hydrogens (tertiary/aromatic N) is 1. The molecule has 0 amide bonds. The van der Waals surface area contributed by atoms with Crippen LogP contribution in [0.4, 0.5) is 17.1 Å². The Hall–Kier alpha value is -6.18. The summed E-state index contributed by atoms with van der Waals surface area (Å²) in [6.45, 7) is 0. The summed E-state index contributed by atoms with van der Waals surface area (Å²) >= 11 is 0. The molecule has 8 rings (SSSR count). The summed E-state index contributed by atoms with van der Waals surface area (Å²) in [7, 11) is 0. The number of benzene rings is 8. The molecule has 0 aliphatic carbocycles. The van der Waals surface area contributed by atoms with Crippen molar-refractivity contribution in [3.8, 4) is 44.5 Å². The molecular formula is C46H33N. The van der Waals surface area contributed by atoms with E-state index < -0.39 is 0 Å². The van der Waals surface area contributed by atoms with Gasteiger partial charge in [0.2, 0.25) is 0 Å². The Morgan fingerprint density at radius 2 is 0.681 bits per heavy atom. The lowest BCUT2D eigenvalue weighted by Crippen LogP contribution is -2.12. The van der Waals surface area contributed by atoms with E-state index in [2.05, 4.69) is 205 Å². The monoisotopic (exact) mass is 599 g/mol. The first-order chi connectivity index (χ1) is 23.3. The maximum atomic E-state index is 2.42. The van der Waals surface area contributed by atoms with Gasteiger partial charge in [-0.05, 0) is 68.4 Å². The summed E-state index contributed by atoms with van der Waals surface area (Å²) < 4.78 is 0. The van der Waals surface area contributed by atoms with Crippen LogP contribution in [0.15, 0.2) is 200 Å². The predicted octanol–water partition coefficient (Wildman–Crippen LogP) is 13.0. The minimum atomic E-state index is 1.11. The number of rotatable bonds is 7. The third-order valence-electron chi connectivity index (χ3n) is 8.89. The van der Waals surface area contributed by atoms with Gasteiger partial charge in [-0.1, -0.05) is 176 Å². The highest BCUT2D eigenvalue weighted by Gasteiger charge is 2.21. The van der Waals surface area contributed by atoms with Crippen molar-refractivity contribution >= 4 is 27.8 Å². The second-order valence-electron chi connectivity index (χ2n) is 11.7. The van der Waals surface area contributed by atoms with E-state index in [1.54, 1.807) is 0 Å². The first-order valence-corrected chi connectivity index (χ1v) is 16.1. The summed E-state index contributed by atoms with van der Waals surface area (Å²) in [6.07, 6.45) is 0. The highest BCUT2D eigenvalue weighted by molar-refractivity contribution is 6.09. The molecule has 0 aliphatic rings. The lowest BCUT2D eigenvalue weighted by Gasteiger charge is -2.30. The maximum absolute atomic E-state index is 2.42. The molecule has 0 spiro atoms. The largest absolute Gasteiger partial charge is 0.309 e. The van der Waals surface area contributed by atoms with Crippen LogP contribution in [-0.4, -0.2) is 0 Å². The number of anilines is 3. The first kappa shape index (κ1) is 28.3. The van der Waals surface area contributed by atoms with Gasteiger partial charge in [-0.15, -0.1) is 0 Å². The van der Waals surface area contributed by atoms with E-state index in [0.29, 0.717) is 0 Å². The zero-order chi connectivity index (χ0) is 31.4. The molecule has 1 nitrogen and oxygen atoms in total. The zero-order valence-electron chi connectivity index (χ0n) is 26.0. The molecule has 0 radical (unpaired) electrons. The Kier molecular flexibility index (Phi) is 7.63. The van der Waals surface area contributed by atoms with E-state index in [1.165, 1.54) is 55.3 Å². The van der Waals surface area contributed by atoms with Gasteiger partial charge in [0, 0.05) is 16.8 Å². The van der Waals surface area contributed by atoms with Crippen LogP contribution >= 0.6 is 0 Å². The van der Waals surface area contributed by atoms with Crippen LogP contribution in [0.3, 0.4) is 0 Å². The second-order valence-corrected chi connectivity index (χ2v) is 11.7. The SMILES string of the molecule is c1ccc(-c2ccc(-c3ccccc3N(c3ccccc3)c3ccccc3-c3cccc4cccc(-c5ccccc5)c34)cc2)cc1. The average molecular weight is 600 g/mol. The van der Waals surface area contributed by atoms with E-state index in [0.717, 1.165) is 17.1 Å². The van der Waals surface area contributed by atoms with Crippen molar-refractivity contribution < 1.29 is 0 Å². The van der Waals surface area contributed by atoms with E-state index in [-0.39, 0.29) is 0 Å². The second kappa shape index (κ2) is 12.7. The van der Waals surface area contributed by atoms with Gasteiger partial charge < -0.3 is 4.90 Å². The van der Waals surface area contributed by atoms with Crippen molar-refractivity contribution in [2.75, 3.05) is 4.90 Å². The molecule has 8 aromatic rings. The normalized spacial score (nSPS) is 11.0. The maximum Gasteiger partial charge on any atom is 0.0540 e. The molecular weight excluding hydrogens is 567 g/mol. The van der Waals surface area contributed by atoms with Gasteiger partial charge in [0.1, 0.15) is 0 Å². The lowest BCUT2D eigenvalue weighted by molar-refractivity contribution is 1.28. The van der Waals surface area contributed by atoms with Gasteiger partial charge in [-0.25, -0.2) is 0 Å². The molecule has 0 atom stereocenters. The number of fused-ring (bicyclic) bond motifs is 1. The summed E-state index contributed by atoms with van der Waals surface area (Å²) in [5.41, 5.74) is 13.0. The zero-order valence-corrected chi connectivity index (χ0v) is 26.0. The lowest BCUT2D eigenvalue weighted by atomic mass is 9.90. The molecule has 0 aromatic heterocycles. The number of hydrogen-bond donors (Lipinski definition) is 0. The Balaban J connectivity index is 1.33. The quantitative estimate of drug-likeness (QED) is 0.176. The molecule has 0 heterocycles. The summed E-state index contributed by atoms with van der Waals surface area (Å²) in [5.74, 6) is 0. The Bertz CT molecular complexity index is 2270. The van der Waals surface area contributed by atoms with Crippen molar-refractivity contribution in [2.24, 2.45) is 0 Å². The minimum absolute atomic E-state index is 1.11. The van der Waals surface area contributed by atoms with Crippen LogP contribution in [0.1, 0.15) is 0 Å². The van der Waals surface area contributed by atoms with Crippen molar-refractivity contribution in [1.29, 1.82) is 0 Å². The van der Waals surface area contributed by atoms with Crippen LogP contribution in [0, 0.1) is 0 Å². The first-order valence-electron chi connectivity index (χ1n) is 16.1. The van der Waals surface area contributed by atoms with Gasteiger partial charge in [-0.2, -0.15) is 0 Å². The van der Waals surface area contributed by atoms with E-state index >= 15 is 0 Å². The summed E-state index contributed by atoms with van der Waals surface area (Å²) in [6, 6.07) is 71.8. The Morgan fingerprint density at radius 3 is 1.34 bits per heavy atom. The van der Waals surface area contributed by atoms with Crippen LogP contribution in [0.2, 0.25) is 0 Å². The molecule has 47 heavy (non-hydrogen) atoms. The molecule has 0 fully saturated rings. The number of para-hydroxylation sites is 3. The highest BCUT2D eigenvalue weighted by Crippen LogP contribution is 2.46. The fourth-order valence-corrected chi connectivity index (χ4v) is 6.69. The Morgan fingerprint density at radius 1 is 0.255 bits per heavy atom. The van der Waals surface area contributed by atoms with Crippen LogP contribution < -0.4 is 4.90 Å². The summed E-state index contributed by atoms with van der Waals surface area (Å²) in [5, 5.41) is 2.48.